The van der Waals surface area contributed by atoms with Crippen LogP contribution in [0.15, 0.2) is 18.3 Å². The molecule has 0 saturated heterocycles. The molecule has 0 amide bonds. The van der Waals surface area contributed by atoms with Gasteiger partial charge in [-0.2, -0.15) is 0 Å². The first-order chi connectivity index (χ1) is 6.70. The van der Waals surface area contributed by atoms with Crippen molar-refractivity contribution in [2.45, 2.75) is 13.5 Å². The maximum Gasteiger partial charge on any atom is 0.102 e. The Morgan fingerprint density at radius 3 is 2.93 bits per heavy atom. The normalized spacial score (nSPS) is 10.8. The number of nitrogens with zero attached hydrogens (tertiary/aromatic N) is 2. The monoisotopic (exact) mass is 300 g/mol. The molecule has 14 heavy (non-hydrogen) atoms. The minimum absolute atomic E-state index is 0.0432. The molecule has 0 bridgehead atoms. The highest BCUT2D eigenvalue weighted by atomic mass is 127. The standard InChI is InChI=1S/C10H9IN2O/c1-6-4-12-9-3-7(5-14)2-8(11)10(9)13-6/h2-4,14H,5H2,1H3. The van der Waals surface area contributed by atoms with E-state index in [1.54, 1.807) is 6.20 Å². The van der Waals surface area contributed by atoms with Crippen LogP contribution < -0.4 is 0 Å². The molecule has 0 saturated carbocycles. The largest absolute Gasteiger partial charge is 0.392 e. The number of benzene rings is 1. The Morgan fingerprint density at radius 2 is 2.21 bits per heavy atom. The summed E-state index contributed by atoms with van der Waals surface area (Å²) in [5.74, 6) is 0. The van der Waals surface area contributed by atoms with Gasteiger partial charge in [0.25, 0.3) is 0 Å². The highest BCUT2D eigenvalue weighted by molar-refractivity contribution is 14.1. The third-order valence-corrected chi connectivity index (χ3v) is 2.79. The number of hydrogen-bond acceptors (Lipinski definition) is 3. The Morgan fingerprint density at radius 1 is 1.43 bits per heavy atom. The van der Waals surface area contributed by atoms with Gasteiger partial charge in [0.15, 0.2) is 0 Å². The zero-order valence-electron chi connectivity index (χ0n) is 7.66. The van der Waals surface area contributed by atoms with Gasteiger partial charge in [-0.15, -0.1) is 0 Å². The maximum atomic E-state index is 9.02. The van der Waals surface area contributed by atoms with Gasteiger partial charge in [-0.25, -0.2) is 4.98 Å². The highest BCUT2D eigenvalue weighted by Crippen LogP contribution is 2.19. The van der Waals surface area contributed by atoms with Crippen LogP contribution in [0.3, 0.4) is 0 Å². The zero-order valence-corrected chi connectivity index (χ0v) is 9.82. The molecule has 1 N–H and O–H groups in total. The number of rotatable bonds is 1. The summed E-state index contributed by atoms with van der Waals surface area (Å²) < 4.78 is 1.03. The summed E-state index contributed by atoms with van der Waals surface area (Å²) in [5.41, 5.74) is 3.53. The van der Waals surface area contributed by atoms with Crippen LogP contribution in [0.5, 0.6) is 0 Å². The van der Waals surface area contributed by atoms with Crippen LogP contribution >= 0.6 is 22.6 Å². The lowest BCUT2D eigenvalue weighted by Gasteiger charge is -2.03. The summed E-state index contributed by atoms with van der Waals surface area (Å²) in [6.07, 6.45) is 1.74. The molecule has 0 atom stereocenters. The second-order valence-electron chi connectivity index (χ2n) is 3.11. The van der Waals surface area contributed by atoms with Crippen molar-refractivity contribution in [3.05, 3.63) is 33.2 Å². The van der Waals surface area contributed by atoms with Gasteiger partial charge in [-0.3, -0.25) is 4.98 Å². The number of halogens is 1. The van der Waals surface area contributed by atoms with Crippen LogP contribution in [0, 0.1) is 10.5 Å². The molecular weight excluding hydrogens is 291 g/mol. The van der Waals surface area contributed by atoms with Crippen LogP contribution in [0.25, 0.3) is 11.0 Å². The molecule has 0 unspecified atom stereocenters. The molecule has 0 aliphatic carbocycles. The minimum Gasteiger partial charge on any atom is -0.392 e. The number of aromatic nitrogens is 2. The fraction of sp³-hybridized carbons (Fsp3) is 0.200. The average molecular weight is 300 g/mol. The van der Waals surface area contributed by atoms with Gasteiger partial charge in [0.2, 0.25) is 0 Å². The van der Waals surface area contributed by atoms with E-state index < -0.39 is 0 Å². The first-order valence-electron chi connectivity index (χ1n) is 4.23. The molecular formula is C10H9IN2O. The average Bonchev–Trinajstić information content (AvgIpc) is 2.19. The van der Waals surface area contributed by atoms with Gasteiger partial charge in [-0.05, 0) is 47.2 Å². The summed E-state index contributed by atoms with van der Waals surface area (Å²) in [6.45, 7) is 1.96. The molecule has 72 valence electrons. The minimum atomic E-state index is 0.0432. The number of aliphatic hydroxyl groups excluding tert-OH is 1. The lowest BCUT2D eigenvalue weighted by molar-refractivity contribution is 0.282. The van der Waals surface area contributed by atoms with E-state index >= 15 is 0 Å². The number of hydrogen-bond donors (Lipinski definition) is 1. The van der Waals surface area contributed by atoms with E-state index in [-0.39, 0.29) is 6.61 Å². The van der Waals surface area contributed by atoms with Gasteiger partial charge < -0.3 is 5.11 Å². The molecule has 1 aromatic carbocycles. The third-order valence-electron chi connectivity index (χ3n) is 1.96. The van der Waals surface area contributed by atoms with Crippen LogP contribution in [-0.4, -0.2) is 15.1 Å². The Kier molecular flexibility index (Phi) is 2.64. The lowest BCUT2D eigenvalue weighted by Crippen LogP contribution is -1.93. The van der Waals surface area contributed by atoms with E-state index in [9.17, 15) is 0 Å². The molecule has 0 fully saturated rings. The van der Waals surface area contributed by atoms with E-state index in [2.05, 4.69) is 32.6 Å². The molecule has 1 heterocycles. The van der Waals surface area contributed by atoms with Crippen LogP contribution in [0.2, 0.25) is 0 Å². The molecule has 0 radical (unpaired) electrons. The second-order valence-corrected chi connectivity index (χ2v) is 4.28. The lowest BCUT2D eigenvalue weighted by atomic mass is 10.2. The quantitative estimate of drug-likeness (QED) is 0.820. The molecule has 0 aliphatic rings. The van der Waals surface area contributed by atoms with Gasteiger partial charge >= 0.3 is 0 Å². The summed E-state index contributed by atoms with van der Waals surface area (Å²) in [7, 11) is 0. The van der Waals surface area contributed by atoms with Crippen molar-refractivity contribution >= 4 is 33.6 Å². The van der Waals surface area contributed by atoms with Crippen LogP contribution in [-0.2, 0) is 6.61 Å². The summed E-state index contributed by atoms with van der Waals surface area (Å²) in [4.78, 5) is 8.67. The van der Waals surface area contributed by atoms with E-state index in [1.165, 1.54) is 0 Å². The van der Waals surface area contributed by atoms with Crippen molar-refractivity contribution in [2.24, 2.45) is 0 Å². The van der Waals surface area contributed by atoms with E-state index in [1.807, 2.05) is 19.1 Å². The van der Waals surface area contributed by atoms with Crippen molar-refractivity contribution in [1.82, 2.24) is 9.97 Å². The highest BCUT2D eigenvalue weighted by Gasteiger charge is 2.04. The van der Waals surface area contributed by atoms with Crippen molar-refractivity contribution in [1.29, 1.82) is 0 Å². The van der Waals surface area contributed by atoms with Crippen molar-refractivity contribution in [3.63, 3.8) is 0 Å². The Balaban J connectivity index is 2.76. The van der Waals surface area contributed by atoms with Gasteiger partial charge in [-0.1, -0.05) is 0 Å². The predicted octanol–water partition coefficient (Wildman–Crippen LogP) is 2.04. The zero-order chi connectivity index (χ0) is 10.1. The Bertz CT molecular complexity index is 485. The smallest absolute Gasteiger partial charge is 0.102 e. The van der Waals surface area contributed by atoms with Crippen LogP contribution in [0.4, 0.5) is 0 Å². The molecule has 2 rings (SSSR count). The summed E-state index contributed by atoms with van der Waals surface area (Å²) in [6, 6.07) is 3.79. The number of aryl methyl sites for hydroxylation is 1. The van der Waals surface area contributed by atoms with Crippen molar-refractivity contribution in [3.8, 4) is 0 Å². The SMILES string of the molecule is Cc1cnc2cc(CO)cc(I)c2n1. The molecule has 0 spiro atoms. The Labute approximate surface area is 95.3 Å². The molecule has 4 heteroatoms. The fourth-order valence-corrected chi connectivity index (χ4v) is 2.10. The fourth-order valence-electron chi connectivity index (χ4n) is 1.31. The van der Waals surface area contributed by atoms with Gasteiger partial charge in [0.05, 0.1) is 17.8 Å². The summed E-state index contributed by atoms with van der Waals surface area (Å²) in [5, 5.41) is 9.02. The molecule has 0 aliphatic heterocycles. The number of fused-ring (bicyclic) bond motifs is 1. The van der Waals surface area contributed by atoms with Crippen molar-refractivity contribution < 1.29 is 5.11 Å². The van der Waals surface area contributed by atoms with E-state index in [0.717, 1.165) is 25.9 Å². The molecule has 3 nitrogen and oxygen atoms in total. The number of aliphatic hydroxyl groups is 1. The van der Waals surface area contributed by atoms with Crippen molar-refractivity contribution in [2.75, 3.05) is 0 Å². The first-order valence-corrected chi connectivity index (χ1v) is 5.31. The summed E-state index contributed by atoms with van der Waals surface area (Å²) >= 11 is 2.21. The molecule has 1 aromatic heterocycles. The van der Waals surface area contributed by atoms with Gasteiger partial charge in [0.1, 0.15) is 5.52 Å². The van der Waals surface area contributed by atoms with Crippen LogP contribution in [0.1, 0.15) is 11.3 Å². The third kappa shape index (κ3) is 1.72. The molecule has 2 aromatic rings. The van der Waals surface area contributed by atoms with Gasteiger partial charge in [0, 0.05) is 9.77 Å². The second kappa shape index (κ2) is 3.78. The van der Waals surface area contributed by atoms with E-state index in [4.69, 9.17) is 5.11 Å². The predicted molar refractivity (Wildman–Crippen MR) is 62.9 cm³/mol. The Hall–Kier alpha value is -0.750. The first kappa shape index (κ1) is 9.79. The maximum absolute atomic E-state index is 9.02. The van der Waals surface area contributed by atoms with E-state index in [0.29, 0.717) is 0 Å². The topological polar surface area (TPSA) is 46.0 Å².